The summed E-state index contributed by atoms with van der Waals surface area (Å²) < 4.78 is 18.9. The van der Waals surface area contributed by atoms with Crippen LogP contribution in [0.2, 0.25) is 0 Å². The Morgan fingerprint density at radius 1 is 0.518 bits per heavy atom. The van der Waals surface area contributed by atoms with E-state index in [9.17, 15) is 50.1 Å². The number of aliphatic carboxylic acids is 2. The third kappa shape index (κ3) is 10.8. The summed E-state index contributed by atoms with van der Waals surface area (Å²) in [5.74, 6) is -4.70. The van der Waals surface area contributed by atoms with E-state index in [-0.39, 0.29) is 79.9 Å². The van der Waals surface area contributed by atoms with E-state index in [1.54, 1.807) is 0 Å². The van der Waals surface area contributed by atoms with Crippen molar-refractivity contribution in [2.75, 3.05) is 0 Å². The number of carbonyl (C=O) groups is 3. The summed E-state index contributed by atoms with van der Waals surface area (Å²) in [4.78, 5) is 63.6. The van der Waals surface area contributed by atoms with E-state index in [2.05, 4.69) is 0 Å². The second-order valence-corrected chi connectivity index (χ2v) is 18.0. The van der Waals surface area contributed by atoms with Crippen LogP contribution in [0.3, 0.4) is 0 Å². The van der Waals surface area contributed by atoms with Crippen molar-refractivity contribution in [2.45, 2.75) is 190 Å². The van der Waals surface area contributed by atoms with E-state index in [4.69, 9.17) is 19.1 Å². The van der Waals surface area contributed by atoms with Gasteiger partial charge in [-0.15, -0.1) is 0 Å². The van der Waals surface area contributed by atoms with E-state index < -0.39 is 64.7 Å². The molecule has 0 amide bonds. The molecule has 0 aromatic heterocycles. The molecule has 6 rings (SSSR count). The minimum absolute atomic E-state index is 0.0671. The molecule has 3 N–H and O–H groups in total. The average Bonchev–Trinajstić information content (AvgIpc) is 3.19. The monoisotopic (exact) mass is 794 g/mol. The zero-order valence-electron chi connectivity index (χ0n) is 32.4. The Morgan fingerprint density at radius 2 is 0.929 bits per heavy atom. The molecule has 7 atom stereocenters. The number of carboxylic acid groups (broad SMARTS) is 2. The van der Waals surface area contributed by atoms with Gasteiger partial charge in [0.2, 0.25) is 12.1 Å². The largest absolute Gasteiger partial charge is 0.481 e. The number of carboxylic acids is 2. The van der Waals surface area contributed by atoms with Crippen LogP contribution in [-0.4, -0.2) is 91.9 Å². The molecule has 6 aliphatic carbocycles. The number of carbonyl (C=O) groups excluding carboxylic acids is 1. The van der Waals surface area contributed by atoms with Crippen molar-refractivity contribution in [3.05, 3.63) is 20.2 Å². The van der Waals surface area contributed by atoms with Gasteiger partial charge in [-0.1, -0.05) is 0 Å². The molecular formula is C40H62N2O14. The van der Waals surface area contributed by atoms with Crippen molar-refractivity contribution in [2.24, 2.45) is 41.4 Å². The first kappa shape index (κ1) is 42.7. The molecule has 0 heterocycles. The average molecular weight is 795 g/mol. The van der Waals surface area contributed by atoms with Gasteiger partial charge in [-0.2, -0.15) is 0 Å². The summed E-state index contributed by atoms with van der Waals surface area (Å²) in [5, 5.41) is 52.1. The molecule has 16 heteroatoms. The summed E-state index contributed by atoms with van der Waals surface area (Å²) in [6, 6.07) is -1.73. The lowest BCUT2D eigenvalue weighted by atomic mass is 9.69. The van der Waals surface area contributed by atoms with Crippen LogP contribution in [0.5, 0.6) is 0 Å². The van der Waals surface area contributed by atoms with Crippen LogP contribution >= 0.6 is 0 Å². The molecule has 0 radical (unpaired) electrons. The molecule has 0 saturated heterocycles. The van der Waals surface area contributed by atoms with Gasteiger partial charge in [-0.3, -0.25) is 39.9 Å². The first-order valence-electron chi connectivity index (χ1n) is 21.4. The van der Waals surface area contributed by atoms with Crippen molar-refractivity contribution in [3.63, 3.8) is 0 Å². The van der Waals surface area contributed by atoms with Gasteiger partial charge in [0.15, 0.2) is 0 Å². The maximum Gasteiger partial charge on any atom is 0.310 e. The van der Waals surface area contributed by atoms with Gasteiger partial charge < -0.3 is 24.4 Å². The molecule has 0 bridgehead atoms. The summed E-state index contributed by atoms with van der Waals surface area (Å²) >= 11 is 0. The quantitative estimate of drug-likeness (QED) is 0.0718. The first-order chi connectivity index (χ1) is 26.9. The lowest BCUT2D eigenvalue weighted by molar-refractivity contribution is -0.530. The third-order valence-electron chi connectivity index (χ3n) is 14.7. The molecule has 7 unspecified atom stereocenters. The maximum absolute atomic E-state index is 13.0. The Balaban J connectivity index is 0.854. The normalized spacial score (nSPS) is 40.2. The van der Waals surface area contributed by atoms with E-state index in [0.29, 0.717) is 24.7 Å². The lowest BCUT2D eigenvalue weighted by Gasteiger charge is -2.41. The highest BCUT2D eigenvalue weighted by molar-refractivity contribution is 5.81. The Hall–Kier alpha value is -2.95. The van der Waals surface area contributed by atoms with Gasteiger partial charge in [0.25, 0.3) is 0 Å². The molecule has 56 heavy (non-hydrogen) atoms. The van der Waals surface area contributed by atoms with Crippen molar-refractivity contribution in [3.8, 4) is 0 Å². The fourth-order valence-corrected chi connectivity index (χ4v) is 11.5. The van der Waals surface area contributed by atoms with Gasteiger partial charge in [-0.05, 0) is 133 Å². The molecule has 6 saturated carbocycles. The van der Waals surface area contributed by atoms with Gasteiger partial charge in [-0.25, -0.2) is 4.89 Å². The summed E-state index contributed by atoms with van der Waals surface area (Å²) in [6.45, 7) is 0. The lowest BCUT2D eigenvalue weighted by Crippen LogP contribution is -2.46. The smallest absolute Gasteiger partial charge is 0.310 e. The van der Waals surface area contributed by atoms with Crippen LogP contribution in [0.4, 0.5) is 0 Å². The highest BCUT2D eigenvalue weighted by atomic mass is 17.1. The van der Waals surface area contributed by atoms with Crippen molar-refractivity contribution in [1.29, 1.82) is 0 Å². The SMILES string of the molecule is O=C(O)C1CCC([N+](=O)[O-])CC1C(=O)OC1CCC(OC2CCC(C3CCC(OC4CCC(C(OO)C5CC([N+](=O)[O-])CCC5C(=O)O)CC4)CC3)CC2)CC1. The fourth-order valence-electron chi connectivity index (χ4n) is 11.5. The Labute approximate surface area is 327 Å². The predicted molar refractivity (Wildman–Crippen MR) is 198 cm³/mol. The number of hydrogen-bond donors (Lipinski definition) is 3. The minimum Gasteiger partial charge on any atom is -0.481 e. The minimum atomic E-state index is -1.10. The highest BCUT2D eigenvalue weighted by Gasteiger charge is 2.48. The number of hydrogen-bond acceptors (Lipinski definition) is 12. The van der Waals surface area contributed by atoms with Crippen LogP contribution in [0.1, 0.15) is 141 Å². The standard InChI is InChI=1S/C40H62N2O14/c43-38(44)33-19-7-26(41(48)49)21-35(33)37(56-52)25-5-13-30(14-6-25)53-28-9-1-23(2-10-28)24-3-11-29(12-4-24)54-31-15-17-32(18-16-31)55-40(47)36-22-27(42(50)51)8-20-34(36)39(45)46/h23-37,52H,1-22H2,(H,43,44)(H,45,46). The van der Waals surface area contributed by atoms with E-state index in [0.717, 1.165) is 89.9 Å². The van der Waals surface area contributed by atoms with Crippen LogP contribution in [0.15, 0.2) is 0 Å². The highest BCUT2D eigenvalue weighted by Crippen LogP contribution is 2.44. The molecule has 0 aromatic rings. The molecule has 16 nitrogen and oxygen atoms in total. The van der Waals surface area contributed by atoms with Gasteiger partial charge >= 0.3 is 17.9 Å². The van der Waals surface area contributed by atoms with Gasteiger partial charge in [0, 0.05) is 41.4 Å². The summed E-state index contributed by atoms with van der Waals surface area (Å²) in [5.41, 5.74) is 0. The van der Waals surface area contributed by atoms with Crippen molar-refractivity contribution in [1.82, 2.24) is 0 Å². The third-order valence-corrected chi connectivity index (χ3v) is 14.7. The van der Waals surface area contributed by atoms with Crippen molar-refractivity contribution < 1.29 is 58.8 Å². The number of nitrogens with zero attached hydrogens (tertiary/aromatic N) is 2. The van der Waals surface area contributed by atoms with Crippen LogP contribution in [-0.2, 0) is 33.5 Å². The summed E-state index contributed by atoms with van der Waals surface area (Å²) in [7, 11) is 0. The van der Waals surface area contributed by atoms with Crippen LogP contribution in [0, 0.1) is 61.7 Å². The second kappa shape index (κ2) is 19.7. The molecule has 0 spiro atoms. The number of rotatable bonds is 14. The maximum atomic E-state index is 13.0. The van der Waals surface area contributed by atoms with E-state index in [1.165, 1.54) is 0 Å². The zero-order valence-corrected chi connectivity index (χ0v) is 32.4. The van der Waals surface area contributed by atoms with Gasteiger partial charge in [0.05, 0.1) is 48.3 Å². The van der Waals surface area contributed by atoms with Crippen LogP contribution in [0.25, 0.3) is 0 Å². The Bertz CT molecular complexity index is 1350. The molecule has 316 valence electrons. The van der Waals surface area contributed by atoms with E-state index >= 15 is 0 Å². The predicted octanol–water partition coefficient (Wildman–Crippen LogP) is 6.70. The molecular weight excluding hydrogens is 732 g/mol. The van der Waals surface area contributed by atoms with Crippen LogP contribution < -0.4 is 0 Å². The summed E-state index contributed by atoms with van der Waals surface area (Å²) in [6.07, 6.45) is 14.9. The Kier molecular flexibility index (Phi) is 15.0. The fraction of sp³-hybridized carbons (Fsp3) is 0.925. The first-order valence-corrected chi connectivity index (χ1v) is 21.4. The van der Waals surface area contributed by atoms with E-state index in [1.807, 2.05) is 0 Å². The molecule has 0 aromatic carbocycles. The number of nitro groups is 2. The molecule has 6 aliphatic rings. The topological polar surface area (TPSA) is 235 Å². The second-order valence-electron chi connectivity index (χ2n) is 18.0. The molecule has 6 fully saturated rings. The Morgan fingerprint density at radius 3 is 1.38 bits per heavy atom. The zero-order chi connectivity index (χ0) is 39.9. The number of ether oxygens (including phenoxy) is 3. The van der Waals surface area contributed by atoms with Crippen molar-refractivity contribution >= 4 is 17.9 Å². The van der Waals surface area contributed by atoms with Gasteiger partial charge in [0.1, 0.15) is 6.10 Å². The number of esters is 1. The molecule has 0 aliphatic heterocycles.